The van der Waals surface area contributed by atoms with Gasteiger partial charge in [0.25, 0.3) is 0 Å². The third-order valence-electron chi connectivity index (χ3n) is 1.98. The number of nitriles is 1. The number of nitrogens with one attached hydrogen (secondary N) is 1. The van der Waals surface area contributed by atoms with Gasteiger partial charge >= 0.3 is 6.18 Å². The van der Waals surface area contributed by atoms with Gasteiger partial charge in [-0.1, -0.05) is 0 Å². The van der Waals surface area contributed by atoms with Gasteiger partial charge in [0.2, 0.25) is 0 Å². The number of hydrogen-bond acceptors (Lipinski definition) is 2. The maximum atomic E-state index is 12.7. The SMILES string of the molecule is CC(C)Nc1cc(C(F)(F)F)c(C#N)cc1Br. The Morgan fingerprint density at radius 3 is 2.35 bits per heavy atom. The van der Waals surface area contributed by atoms with Crippen LogP contribution in [0.15, 0.2) is 16.6 Å². The van der Waals surface area contributed by atoms with Crippen LogP contribution in [0.2, 0.25) is 0 Å². The van der Waals surface area contributed by atoms with Gasteiger partial charge in [0, 0.05) is 16.2 Å². The Morgan fingerprint density at radius 1 is 1.35 bits per heavy atom. The molecule has 0 saturated carbocycles. The topological polar surface area (TPSA) is 35.8 Å². The normalized spacial score (nSPS) is 11.4. The predicted molar refractivity (Wildman–Crippen MR) is 62.6 cm³/mol. The number of nitrogens with zero attached hydrogens (tertiary/aromatic N) is 1. The molecule has 0 atom stereocenters. The van der Waals surface area contributed by atoms with E-state index in [1.165, 1.54) is 6.07 Å². The van der Waals surface area contributed by atoms with Gasteiger partial charge < -0.3 is 5.32 Å². The van der Waals surface area contributed by atoms with Gasteiger partial charge in [0.05, 0.1) is 17.2 Å². The van der Waals surface area contributed by atoms with Crippen LogP contribution < -0.4 is 5.32 Å². The smallest absolute Gasteiger partial charge is 0.382 e. The third kappa shape index (κ3) is 3.37. The molecule has 2 nitrogen and oxygen atoms in total. The summed E-state index contributed by atoms with van der Waals surface area (Å²) in [7, 11) is 0. The number of anilines is 1. The summed E-state index contributed by atoms with van der Waals surface area (Å²) in [5.74, 6) is 0. The number of rotatable bonds is 2. The molecule has 0 saturated heterocycles. The lowest BCUT2D eigenvalue weighted by molar-refractivity contribution is -0.137. The van der Waals surface area contributed by atoms with Crippen LogP contribution in [0.25, 0.3) is 0 Å². The molecular weight excluding hydrogens is 297 g/mol. The molecule has 1 aromatic carbocycles. The molecule has 0 bridgehead atoms. The lowest BCUT2D eigenvalue weighted by Gasteiger charge is -2.16. The lowest BCUT2D eigenvalue weighted by atomic mass is 10.1. The summed E-state index contributed by atoms with van der Waals surface area (Å²) < 4.78 is 38.5. The van der Waals surface area contributed by atoms with Crippen molar-refractivity contribution in [2.24, 2.45) is 0 Å². The van der Waals surface area contributed by atoms with Crippen LogP contribution in [0.1, 0.15) is 25.0 Å². The zero-order valence-corrected chi connectivity index (χ0v) is 10.8. The zero-order valence-electron chi connectivity index (χ0n) is 9.19. The van der Waals surface area contributed by atoms with Crippen molar-refractivity contribution in [2.75, 3.05) is 5.32 Å². The molecule has 0 aliphatic carbocycles. The number of halogens is 4. The van der Waals surface area contributed by atoms with Crippen molar-refractivity contribution >= 4 is 21.6 Å². The van der Waals surface area contributed by atoms with Gasteiger partial charge in [-0.25, -0.2) is 0 Å². The Labute approximate surface area is 106 Å². The molecule has 0 fully saturated rings. The van der Waals surface area contributed by atoms with Gasteiger partial charge in [0.1, 0.15) is 0 Å². The van der Waals surface area contributed by atoms with Crippen molar-refractivity contribution in [3.8, 4) is 6.07 Å². The summed E-state index contributed by atoms with van der Waals surface area (Å²) >= 11 is 3.14. The summed E-state index contributed by atoms with van der Waals surface area (Å²) in [5, 5.41) is 11.6. The maximum Gasteiger partial charge on any atom is 0.417 e. The fourth-order valence-electron chi connectivity index (χ4n) is 1.32. The number of benzene rings is 1. The van der Waals surface area contributed by atoms with Crippen molar-refractivity contribution in [1.82, 2.24) is 0 Å². The minimum Gasteiger partial charge on any atom is -0.382 e. The highest BCUT2D eigenvalue weighted by Crippen LogP contribution is 2.36. The molecule has 92 valence electrons. The lowest BCUT2D eigenvalue weighted by Crippen LogP contribution is -2.13. The van der Waals surface area contributed by atoms with Crippen molar-refractivity contribution in [1.29, 1.82) is 5.26 Å². The second-order valence-corrected chi connectivity index (χ2v) is 4.64. The van der Waals surface area contributed by atoms with Crippen molar-refractivity contribution in [3.63, 3.8) is 0 Å². The fourth-order valence-corrected chi connectivity index (χ4v) is 1.78. The zero-order chi connectivity index (χ0) is 13.2. The fraction of sp³-hybridized carbons (Fsp3) is 0.364. The van der Waals surface area contributed by atoms with Crippen LogP contribution >= 0.6 is 15.9 Å². The van der Waals surface area contributed by atoms with Crippen molar-refractivity contribution in [3.05, 3.63) is 27.7 Å². The molecule has 17 heavy (non-hydrogen) atoms. The minimum atomic E-state index is -4.53. The summed E-state index contributed by atoms with van der Waals surface area (Å²) in [6, 6.07) is 3.67. The van der Waals surface area contributed by atoms with Crippen LogP contribution in [0.4, 0.5) is 18.9 Å². The first-order valence-electron chi connectivity index (χ1n) is 4.83. The van der Waals surface area contributed by atoms with E-state index in [2.05, 4.69) is 21.2 Å². The summed E-state index contributed by atoms with van der Waals surface area (Å²) in [4.78, 5) is 0. The molecule has 6 heteroatoms. The van der Waals surface area contributed by atoms with E-state index >= 15 is 0 Å². The van der Waals surface area contributed by atoms with Gasteiger partial charge in [0.15, 0.2) is 0 Å². The quantitative estimate of drug-likeness (QED) is 0.890. The molecule has 0 radical (unpaired) electrons. The molecule has 0 amide bonds. The van der Waals surface area contributed by atoms with E-state index in [1.807, 2.05) is 13.8 Å². The summed E-state index contributed by atoms with van der Waals surface area (Å²) in [6.45, 7) is 3.63. The van der Waals surface area contributed by atoms with Gasteiger partial charge in [-0.3, -0.25) is 0 Å². The van der Waals surface area contributed by atoms with E-state index in [0.717, 1.165) is 6.07 Å². The number of hydrogen-bond donors (Lipinski definition) is 1. The van der Waals surface area contributed by atoms with Crippen LogP contribution in [-0.4, -0.2) is 6.04 Å². The summed E-state index contributed by atoms with van der Waals surface area (Å²) in [5.41, 5.74) is -0.989. The van der Waals surface area contributed by atoms with E-state index in [0.29, 0.717) is 10.2 Å². The monoisotopic (exact) mass is 306 g/mol. The molecule has 1 rings (SSSR count). The third-order valence-corrected chi connectivity index (χ3v) is 2.63. The summed E-state index contributed by atoms with van der Waals surface area (Å²) in [6.07, 6.45) is -4.53. The Bertz CT molecular complexity index is 461. The molecule has 0 spiro atoms. The largest absolute Gasteiger partial charge is 0.417 e. The Morgan fingerprint density at radius 2 is 1.94 bits per heavy atom. The average molecular weight is 307 g/mol. The predicted octanol–water partition coefficient (Wildman–Crippen LogP) is 4.16. The van der Waals surface area contributed by atoms with Crippen molar-refractivity contribution < 1.29 is 13.2 Å². The Balaban J connectivity index is 3.34. The second-order valence-electron chi connectivity index (χ2n) is 3.79. The molecule has 0 aliphatic rings. The Hall–Kier alpha value is -1.22. The van der Waals surface area contributed by atoms with E-state index in [9.17, 15) is 13.2 Å². The maximum absolute atomic E-state index is 12.7. The molecule has 1 aromatic rings. The van der Waals surface area contributed by atoms with E-state index < -0.39 is 17.3 Å². The molecular formula is C11H10BrF3N2. The van der Waals surface area contributed by atoms with E-state index in [4.69, 9.17) is 5.26 Å². The second kappa shape index (κ2) is 4.96. The molecule has 0 aliphatic heterocycles. The minimum absolute atomic E-state index is 0.000296. The molecule has 0 unspecified atom stereocenters. The van der Waals surface area contributed by atoms with Crippen LogP contribution in [0, 0.1) is 11.3 Å². The highest BCUT2D eigenvalue weighted by molar-refractivity contribution is 9.10. The highest BCUT2D eigenvalue weighted by Gasteiger charge is 2.34. The average Bonchev–Trinajstić information content (AvgIpc) is 2.18. The van der Waals surface area contributed by atoms with E-state index in [-0.39, 0.29) is 6.04 Å². The Kier molecular flexibility index (Phi) is 4.04. The van der Waals surface area contributed by atoms with Gasteiger partial charge in [-0.05, 0) is 41.9 Å². The molecule has 0 aromatic heterocycles. The number of alkyl halides is 3. The molecule has 1 N–H and O–H groups in total. The first-order valence-corrected chi connectivity index (χ1v) is 5.62. The van der Waals surface area contributed by atoms with Crippen molar-refractivity contribution in [2.45, 2.75) is 26.1 Å². The van der Waals surface area contributed by atoms with Crippen LogP contribution in [-0.2, 0) is 6.18 Å². The van der Waals surface area contributed by atoms with Crippen LogP contribution in [0.5, 0.6) is 0 Å². The highest BCUT2D eigenvalue weighted by atomic mass is 79.9. The van der Waals surface area contributed by atoms with Gasteiger partial charge in [-0.2, -0.15) is 18.4 Å². The molecule has 0 heterocycles. The van der Waals surface area contributed by atoms with Crippen LogP contribution in [0.3, 0.4) is 0 Å². The van der Waals surface area contributed by atoms with E-state index in [1.54, 1.807) is 6.07 Å². The first kappa shape index (κ1) is 13.8. The van der Waals surface area contributed by atoms with Gasteiger partial charge in [-0.15, -0.1) is 0 Å². The standard InChI is InChI=1S/C11H10BrF3N2/c1-6(2)17-10-4-8(11(13,14)15)7(5-16)3-9(10)12/h3-4,6,17H,1-2H3. The first-order chi connectivity index (χ1) is 7.75.